The molecule has 0 aromatic heterocycles. The lowest BCUT2D eigenvalue weighted by Gasteiger charge is -2.45. The van der Waals surface area contributed by atoms with Gasteiger partial charge in [-0.05, 0) is 63.5 Å². The van der Waals surface area contributed by atoms with Crippen molar-refractivity contribution < 1.29 is 0 Å². The van der Waals surface area contributed by atoms with Crippen LogP contribution in [0.1, 0.15) is 71.6 Å². The molecule has 0 aromatic rings. The monoisotopic (exact) mass is 280 g/mol. The summed E-state index contributed by atoms with van der Waals surface area (Å²) in [6, 6.07) is 0.832. The highest BCUT2D eigenvalue weighted by atomic mass is 15.1. The highest BCUT2D eigenvalue weighted by molar-refractivity contribution is 4.90. The maximum Gasteiger partial charge on any atom is 0.00928 e. The molecule has 0 aliphatic heterocycles. The van der Waals surface area contributed by atoms with Gasteiger partial charge in [0.25, 0.3) is 0 Å². The Morgan fingerprint density at radius 1 is 1.00 bits per heavy atom. The van der Waals surface area contributed by atoms with E-state index in [9.17, 15) is 0 Å². The quantitative estimate of drug-likeness (QED) is 0.817. The van der Waals surface area contributed by atoms with E-state index in [1.54, 1.807) is 0 Å². The molecule has 2 heteroatoms. The molecule has 20 heavy (non-hydrogen) atoms. The van der Waals surface area contributed by atoms with Gasteiger partial charge in [0.05, 0.1) is 0 Å². The normalized spacial score (nSPS) is 26.9. The van der Waals surface area contributed by atoms with Gasteiger partial charge in [-0.1, -0.05) is 33.1 Å². The Balaban J connectivity index is 1.89. The van der Waals surface area contributed by atoms with Crippen molar-refractivity contribution in [3.8, 4) is 0 Å². The molecule has 2 aliphatic carbocycles. The van der Waals surface area contributed by atoms with Gasteiger partial charge in [-0.3, -0.25) is 0 Å². The molecule has 0 heterocycles. The molecule has 2 saturated carbocycles. The topological polar surface area (TPSA) is 15.3 Å². The molecule has 0 saturated heterocycles. The fourth-order valence-corrected chi connectivity index (χ4v) is 4.55. The number of nitrogens with one attached hydrogen (secondary N) is 1. The van der Waals surface area contributed by atoms with Gasteiger partial charge in [0, 0.05) is 19.1 Å². The first-order valence-electron chi connectivity index (χ1n) is 8.81. The van der Waals surface area contributed by atoms with Crippen LogP contribution in [0.15, 0.2) is 0 Å². The summed E-state index contributed by atoms with van der Waals surface area (Å²) >= 11 is 0. The van der Waals surface area contributed by atoms with Gasteiger partial charge in [0.2, 0.25) is 0 Å². The van der Waals surface area contributed by atoms with Crippen LogP contribution in [0.4, 0.5) is 0 Å². The Labute approximate surface area is 126 Å². The lowest BCUT2D eigenvalue weighted by molar-refractivity contribution is 0.0629. The van der Waals surface area contributed by atoms with Crippen LogP contribution in [0, 0.1) is 10.8 Å². The molecule has 0 amide bonds. The Bertz CT molecular complexity index is 276. The molecule has 1 N–H and O–H groups in total. The maximum atomic E-state index is 3.47. The van der Waals surface area contributed by atoms with E-state index in [-0.39, 0.29) is 0 Å². The van der Waals surface area contributed by atoms with Gasteiger partial charge >= 0.3 is 0 Å². The Kier molecular flexibility index (Phi) is 5.53. The third-order valence-corrected chi connectivity index (χ3v) is 5.98. The average Bonchev–Trinajstić information content (AvgIpc) is 2.39. The fraction of sp³-hybridized carbons (Fsp3) is 1.00. The zero-order valence-corrected chi connectivity index (χ0v) is 14.3. The van der Waals surface area contributed by atoms with E-state index in [1.807, 2.05) is 0 Å². The largest absolute Gasteiger partial charge is 0.319 e. The molecular formula is C18H36N2. The second kappa shape index (κ2) is 6.79. The van der Waals surface area contributed by atoms with Crippen molar-refractivity contribution in [2.24, 2.45) is 10.8 Å². The van der Waals surface area contributed by atoms with Gasteiger partial charge in [-0.15, -0.1) is 0 Å². The number of hydrogen-bond acceptors (Lipinski definition) is 2. The molecule has 0 radical (unpaired) electrons. The fourth-order valence-electron chi connectivity index (χ4n) is 4.55. The van der Waals surface area contributed by atoms with Crippen molar-refractivity contribution in [2.75, 3.05) is 27.2 Å². The van der Waals surface area contributed by atoms with Crippen LogP contribution >= 0.6 is 0 Å². The lowest BCUT2D eigenvalue weighted by Crippen LogP contribution is -2.47. The summed E-state index contributed by atoms with van der Waals surface area (Å²) in [7, 11) is 4.51. The summed E-state index contributed by atoms with van der Waals surface area (Å²) in [5.74, 6) is 0. The highest BCUT2D eigenvalue weighted by Crippen LogP contribution is 2.40. The van der Waals surface area contributed by atoms with E-state index in [0.29, 0.717) is 10.8 Å². The zero-order chi connectivity index (χ0) is 14.6. The van der Waals surface area contributed by atoms with Crippen molar-refractivity contribution in [1.29, 1.82) is 0 Å². The molecule has 0 bridgehead atoms. The second-order valence-corrected chi connectivity index (χ2v) is 8.40. The van der Waals surface area contributed by atoms with Crippen LogP contribution in [0.3, 0.4) is 0 Å². The highest BCUT2D eigenvalue weighted by Gasteiger charge is 2.35. The van der Waals surface area contributed by atoms with Crippen molar-refractivity contribution in [3.05, 3.63) is 0 Å². The molecule has 2 fully saturated rings. The molecule has 0 atom stereocenters. The predicted molar refractivity (Wildman–Crippen MR) is 88.1 cm³/mol. The molecule has 0 spiro atoms. The van der Waals surface area contributed by atoms with E-state index in [0.717, 1.165) is 6.04 Å². The van der Waals surface area contributed by atoms with Gasteiger partial charge in [0.15, 0.2) is 0 Å². The minimum absolute atomic E-state index is 0.550. The van der Waals surface area contributed by atoms with Crippen LogP contribution in [0.2, 0.25) is 0 Å². The maximum absolute atomic E-state index is 3.47. The van der Waals surface area contributed by atoms with Crippen LogP contribution in [0.25, 0.3) is 0 Å². The first-order valence-corrected chi connectivity index (χ1v) is 8.81. The van der Waals surface area contributed by atoms with Crippen LogP contribution in [-0.2, 0) is 0 Å². The van der Waals surface area contributed by atoms with Gasteiger partial charge in [-0.2, -0.15) is 0 Å². The third-order valence-electron chi connectivity index (χ3n) is 5.98. The minimum atomic E-state index is 0.550. The van der Waals surface area contributed by atoms with E-state index >= 15 is 0 Å². The molecule has 118 valence electrons. The average molecular weight is 280 g/mol. The number of rotatable bonds is 5. The van der Waals surface area contributed by atoms with Crippen molar-refractivity contribution >= 4 is 0 Å². The Morgan fingerprint density at radius 3 is 2.15 bits per heavy atom. The number of hydrogen-bond donors (Lipinski definition) is 1. The number of nitrogens with zero attached hydrogens (tertiary/aromatic N) is 1. The molecule has 0 aromatic carbocycles. The Hall–Kier alpha value is -0.0800. The van der Waals surface area contributed by atoms with Crippen LogP contribution in [0.5, 0.6) is 0 Å². The first-order chi connectivity index (χ1) is 9.46. The smallest absolute Gasteiger partial charge is 0.00928 e. The zero-order valence-electron chi connectivity index (χ0n) is 14.3. The summed E-state index contributed by atoms with van der Waals surface area (Å²) in [6.07, 6.45) is 12.8. The summed E-state index contributed by atoms with van der Waals surface area (Å²) in [4.78, 5) is 2.71. The Morgan fingerprint density at radius 2 is 1.60 bits per heavy atom. The van der Waals surface area contributed by atoms with Crippen molar-refractivity contribution in [1.82, 2.24) is 10.2 Å². The van der Waals surface area contributed by atoms with Gasteiger partial charge in [-0.25, -0.2) is 0 Å². The van der Waals surface area contributed by atoms with Gasteiger partial charge in [0.1, 0.15) is 0 Å². The van der Waals surface area contributed by atoms with E-state index in [1.165, 1.54) is 70.9 Å². The van der Waals surface area contributed by atoms with Crippen molar-refractivity contribution in [2.45, 2.75) is 77.7 Å². The third kappa shape index (κ3) is 4.21. The van der Waals surface area contributed by atoms with E-state index in [4.69, 9.17) is 0 Å². The minimum Gasteiger partial charge on any atom is -0.319 e. The van der Waals surface area contributed by atoms with Crippen molar-refractivity contribution in [3.63, 3.8) is 0 Å². The first kappa shape index (κ1) is 16.3. The second-order valence-electron chi connectivity index (χ2n) is 8.40. The molecule has 2 nitrogen and oxygen atoms in total. The molecular weight excluding hydrogens is 244 g/mol. The van der Waals surface area contributed by atoms with E-state index < -0.39 is 0 Å². The summed E-state index contributed by atoms with van der Waals surface area (Å²) in [5.41, 5.74) is 1.14. The van der Waals surface area contributed by atoms with Crippen LogP contribution in [-0.4, -0.2) is 38.1 Å². The molecule has 0 unspecified atom stereocenters. The molecule has 2 aliphatic rings. The predicted octanol–water partition coefficient (Wildman–Crippen LogP) is 4.06. The summed E-state index contributed by atoms with van der Waals surface area (Å²) < 4.78 is 0. The standard InChI is InChI=1S/C18H36N2/c1-17(2)12-8-16(9-13-17)20(4)15-18(14-19-3)10-6-5-7-11-18/h16,19H,5-15H2,1-4H3. The van der Waals surface area contributed by atoms with Crippen LogP contribution < -0.4 is 5.32 Å². The van der Waals surface area contributed by atoms with E-state index in [2.05, 4.69) is 38.2 Å². The SMILES string of the molecule is CNCC1(CN(C)C2CCC(C)(C)CC2)CCCCC1. The molecule has 2 rings (SSSR count). The van der Waals surface area contributed by atoms with Gasteiger partial charge < -0.3 is 10.2 Å². The lowest BCUT2D eigenvalue weighted by atomic mass is 9.72. The summed E-state index contributed by atoms with van der Waals surface area (Å²) in [5, 5.41) is 3.47. The summed E-state index contributed by atoms with van der Waals surface area (Å²) in [6.45, 7) is 7.38.